The van der Waals surface area contributed by atoms with Gasteiger partial charge in [0.1, 0.15) is 5.82 Å². The van der Waals surface area contributed by atoms with Crippen LogP contribution in [0, 0.1) is 21.7 Å². The molecule has 0 radical (unpaired) electrons. The number of amides is 1. The molecule has 1 N–H and O–H groups in total. The maximum Gasteiger partial charge on any atom is 0.305 e. The molecule has 0 aliphatic heterocycles. The topological polar surface area (TPSA) is 81.5 Å². The van der Waals surface area contributed by atoms with Crippen LogP contribution in [0.4, 0.5) is 14.5 Å². The zero-order chi connectivity index (χ0) is 12.3. The van der Waals surface area contributed by atoms with Crippen LogP contribution in [0.2, 0.25) is 0 Å². The summed E-state index contributed by atoms with van der Waals surface area (Å²) in [4.78, 5) is 24.6. The molecule has 0 aliphatic rings. The molecule has 1 amide bonds. The van der Waals surface area contributed by atoms with Gasteiger partial charge in [-0.3, -0.25) is 19.7 Å². The Morgan fingerprint density at radius 1 is 1.44 bits per heavy atom. The Labute approximate surface area is 87.9 Å². The van der Waals surface area contributed by atoms with E-state index in [1.54, 1.807) is 5.48 Å². The molecule has 0 spiro atoms. The van der Waals surface area contributed by atoms with E-state index in [1.807, 2.05) is 0 Å². The number of nitrogens with zero attached hydrogens (tertiary/aromatic N) is 1. The first-order valence-electron chi connectivity index (χ1n) is 3.94. The van der Waals surface area contributed by atoms with Crippen LogP contribution in [-0.4, -0.2) is 17.9 Å². The minimum Gasteiger partial charge on any atom is -0.277 e. The van der Waals surface area contributed by atoms with E-state index in [0.29, 0.717) is 6.07 Å². The molecule has 1 aromatic rings. The van der Waals surface area contributed by atoms with Crippen molar-refractivity contribution in [2.45, 2.75) is 0 Å². The Bertz CT molecular complexity index is 450. The normalized spacial score (nSPS) is 9.94. The first-order valence-corrected chi connectivity index (χ1v) is 3.94. The van der Waals surface area contributed by atoms with E-state index in [0.717, 1.165) is 7.11 Å². The lowest BCUT2D eigenvalue weighted by molar-refractivity contribution is -0.387. The number of rotatable bonds is 3. The van der Waals surface area contributed by atoms with Gasteiger partial charge in [0.25, 0.3) is 5.91 Å². The quantitative estimate of drug-likeness (QED) is 0.626. The first kappa shape index (κ1) is 12.0. The predicted octanol–water partition coefficient (Wildman–Crippen LogP) is 1.16. The minimum absolute atomic E-state index is 0.267. The van der Waals surface area contributed by atoms with Crippen molar-refractivity contribution >= 4 is 11.6 Å². The van der Waals surface area contributed by atoms with Gasteiger partial charge >= 0.3 is 5.69 Å². The Morgan fingerprint density at radius 2 is 2.06 bits per heavy atom. The molecule has 1 aromatic carbocycles. The third kappa shape index (κ3) is 2.28. The molecule has 0 fully saturated rings. The molecule has 16 heavy (non-hydrogen) atoms. The van der Waals surface area contributed by atoms with E-state index in [2.05, 4.69) is 4.84 Å². The van der Waals surface area contributed by atoms with Crippen molar-refractivity contribution in [2.75, 3.05) is 7.11 Å². The van der Waals surface area contributed by atoms with Gasteiger partial charge in [0.2, 0.25) is 5.82 Å². The molecule has 1 rings (SSSR count). The van der Waals surface area contributed by atoms with Crippen LogP contribution < -0.4 is 5.48 Å². The van der Waals surface area contributed by atoms with Crippen molar-refractivity contribution in [1.29, 1.82) is 0 Å². The fourth-order valence-electron chi connectivity index (χ4n) is 0.999. The molecule has 0 saturated heterocycles. The fourth-order valence-corrected chi connectivity index (χ4v) is 0.999. The highest BCUT2D eigenvalue weighted by molar-refractivity contribution is 5.94. The van der Waals surface area contributed by atoms with Crippen LogP contribution in [0.15, 0.2) is 12.1 Å². The predicted molar refractivity (Wildman–Crippen MR) is 47.5 cm³/mol. The number of nitro groups is 1. The van der Waals surface area contributed by atoms with Crippen LogP contribution in [0.3, 0.4) is 0 Å². The summed E-state index contributed by atoms with van der Waals surface area (Å²) in [6.07, 6.45) is 0. The summed E-state index contributed by atoms with van der Waals surface area (Å²) >= 11 is 0. The van der Waals surface area contributed by atoms with Gasteiger partial charge in [-0.25, -0.2) is 9.87 Å². The molecule has 0 unspecified atom stereocenters. The highest BCUT2D eigenvalue weighted by Crippen LogP contribution is 2.21. The molecule has 0 aromatic heterocycles. The van der Waals surface area contributed by atoms with Crippen molar-refractivity contribution < 1.29 is 23.3 Å². The second kappa shape index (κ2) is 4.62. The smallest absolute Gasteiger partial charge is 0.277 e. The van der Waals surface area contributed by atoms with Gasteiger partial charge in [-0.05, 0) is 0 Å². The van der Waals surface area contributed by atoms with Crippen LogP contribution >= 0.6 is 0 Å². The van der Waals surface area contributed by atoms with Crippen molar-refractivity contribution in [3.8, 4) is 0 Å². The third-order valence-corrected chi connectivity index (χ3v) is 1.67. The summed E-state index contributed by atoms with van der Waals surface area (Å²) in [6, 6.07) is 0.766. The molecule has 86 valence electrons. The molecule has 0 saturated carbocycles. The number of benzene rings is 1. The molecule has 8 heteroatoms. The second-order valence-corrected chi connectivity index (χ2v) is 2.68. The molecule has 0 bridgehead atoms. The summed E-state index contributed by atoms with van der Waals surface area (Å²) in [5.41, 5.74) is 0.109. The number of nitrogens with one attached hydrogen (secondary N) is 1. The van der Waals surface area contributed by atoms with Crippen LogP contribution in [-0.2, 0) is 4.84 Å². The summed E-state index contributed by atoms with van der Waals surface area (Å²) < 4.78 is 26.0. The largest absolute Gasteiger partial charge is 0.305 e. The van der Waals surface area contributed by atoms with E-state index < -0.39 is 33.7 Å². The van der Waals surface area contributed by atoms with Crippen molar-refractivity contribution in [3.63, 3.8) is 0 Å². The maximum absolute atomic E-state index is 13.1. The Hall–Kier alpha value is -2.09. The van der Waals surface area contributed by atoms with E-state index in [9.17, 15) is 23.7 Å². The highest BCUT2D eigenvalue weighted by atomic mass is 19.1. The number of carbonyl (C=O) groups is 1. The van der Waals surface area contributed by atoms with E-state index in [-0.39, 0.29) is 6.07 Å². The zero-order valence-electron chi connectivity index (χ0n) is 7.99. The van der Waals surface area contributed by atoms with E-state index >= 15 is 0 Å². The molecule has 0 heterocycles. The second-order valence-electron chi connectivity index (χ2n) is 2.68. The highest BCUT2D eigenvalue weighted by Gasteiger charge is 2.22. The van der Waals surface area contributed by atoms with Crippen LogP contribution in [0.5, 0.6) is 0 Å². The first-order chi connectivity index (χ1) is 7.47. The number of carbonyl (C=O) groups excluding carboxylic acids is 1. The number of hydrogen-bond acceptors (Lipinski definition) is 4. The molecule has 0 atom stereocenters. The van der Waals surface area contributed by atoms with Gasteiger partial charge in [0, 0.05) is 12.1 Å². The van der Waals surface area contributed by atoms with Gasteiger partial charge < -0.3 is 0 Å². The van der Waals surface area contributed by atoms with Crippen molar-refractivity contribution in [1.82, 2.24) is 5.48 Å². The lowest BCUT2D eigenvalue weighted by Crippen LogP contribution is -2.23. The number of hydroxylamine groups is 1. The van der Waals surface area contributed by atoms with E-state index in [1.165, 1.54) is 0 Å². The molecular weight excluding hydrogens is 226 g/mol. The maximum atomic E-state index is 13.1. The average Bonchev–Trinajstić information content (AvgIpc) is 2.17. The standard InChI is InChI=1S/C8H6F2N2O4/c1-16-11-8(13)4-2-7(12(14)15)6(10)3-5(4)9/h2-3H,1H3,(H,11,13). The van der Waals surface area contributed by atoms with Gasteiger partial charge in [-0.15, -0.1) is 0 Å². The molecular formula is C8H6F2N2O4. The monoisotopic (exact) mass is 232 g/mol. The zero-order valence-corrected chi connectivity index (χ0v) is 7.99. The SMILES string of the molecule is CONC(=O)c1cc([N+](=O)[O-])c(F)cc1F. The van der Waals surface area contributed by atoms with Gasteiger partial charge in [0.15, 0.2) is 0 Å². The summed E-state index contributed by atoms with van der Waals surface area (Å²) in [5.74, 6) is -3.60. The van der Waals surface area contributed by atoms with Gasteiger partial charge in [-0.2, -0.15) is 4.39 Å². The number of halogens is 2. The number of nitro benzene ring substituents is 1. The van der Waals surface area contributed by atoms with Gasteiger partial charge in [-0.1, -0.05) is 0 Å². The average molecular weight is 232 g/mol. The summed E-state index contributed by atoms with van der Waals surface area (Å²) in [6.45, 7) is 0. The van der Waals surface area contributed by atoms with Crippen LogP contribution in [0.1, 0.15) is 10.4 Å². The Balaban J connectivity index is 3.24. The van der Waals surface area contributed by atoms with Crippen LogP contribution in [0.25, 0.3) is 0 Å². The minimum atomic E-state index is -1.35. The third-order valence-electron chi connectivity index (χ3n) is 1.67. The van der Waals surface area contributed by atoms with Crippen molar-refractivity contribution in [3.05, 3.63) is 39.4 Å². The molecule has 0 aliphatic carbocycles. The lowest BCUT2D eigenvalue weighted by Gasteiger charge is -2.03. The summed E-state index contributed by atoms with van der Waals surface area (Å²) in [7, 11) is 1.10. The summed E-state index contributed by atoms with van der Waals surface area (Å²) in [5, 5.41) is 10.3. The lowest BCUT2D eigenvalue weighted by atomic mass is 10.1. The Kier molecular flexibility index (Phi) is 3.46. The van der Waals surface area contributed by atoms with E-state index in [4.69, 9.17) is 0 Å². The molecule has 6 nitrogen and oxygen atoms in total. The number of hydrogen-bond donors (Lipinski definition) is 1. The fraction of sp³-hybridized carbons (Fsp3) is 0.125. The van der Waals surface area contributed by atoms with Gasteiger partial charge in [0.05, 0.1) is 17.6 Å². The Morgan fingerprint density at radius 3 is 2.56 bits per heavy atom. The van der Waals surface area contributed by atoms with Crippen molar-refractivity contribution in [2.24, 2.45) is 0 Å².